The van der Waals surface area contributed by atoms with E-state index in [0.717, 1.165) is 12.1 Å². The number of aromatic hydroxyl groups is 1. The Bertz CT molecular complexity index is 695. The minimum absolute atomic E-state index is 0.0786. The number of phenolic OH excluding ortho intramolecular Hbond substituents is 1. The van der Waals surface area contributed by atoms with E-state index in [1.54, 1.807) is 0 Å². The summed E-state index contributed by atoms with van der Waals surface area (Å²) in [4.78, 5) is 10.6. The number of hydrogen-bond acceptors (Lipinski definition) is 3. The molecule has 0 aliphatic carbocycles. The van der Waals surface area contributed by atoms with Crippen molar-refractivity contribution in [2.75, 3.05) is 0 Å². The van der Waals surface area contributed by atoms with E-state index < -0.39 is 29.2 Å². The number of benzene rings is 2. The number of hydrogen-bond donors (Lipinski definition) is 2. The van der Waals surface area contributed by atoms with Crippen LogP contribution in [-0.4, -0.2) is 16.2 Å². The average Bonchev–Trinajstić information content (AvgIpc) is 2.39. The van der Waals surface area contributed by atoms with Crippen molar-refractivity contribution < 1.29 is 32.9 Å². The van der Waals surface area contributed by atoms with Gasteiger partial charge in [-0.1, -0.05) is 12.1 Å². The predicted octanol–water partition coefficient (Wildman–Crippen LogP) is 3.83. The Hall–Kier alpha value is -2.70. The molecule has 0 amide bonds. The lowest BCUT2D eigenvalue weighted by molar-refractivity contribution is -0.139. The van der Waals surface area contributed by atoms with Crippen LogP contribution in [0.1, 0.15) is 11.1 Å². The first-order valence-corrected chi connectivity index (χ1v) is 6.14. The SMILES string of the molecule is O=C(O)Cc1cccc(Oc2ccc(O)cc2C(F)(F)F)c1. The van der Waals surface area contributed by atoms with Gasteiger partial charge in [0.05, 0.1) is 6.42 Å². The monoisotopic (exact) mass is 312 g/mol. The molecule has 2 aromatic rings. The second-order valence-corrected chi connectivity index (χ2v) is 4.50. The number of carbonyl (C=O) groups is 1. The summed E-state index contributed by atoms with van der Waals surface area (Å²) < 4.78 is 43.9. The van der Waals surface area contributed by atoms with Gasteiger partial charge < -0.3 is 14.9 Å². The van der Waals surface area contributed by atoms with Crippen molar-refractivity contribution in [3.05, 3.63) is 53.6 Å². The van der Waals surface area contributed by atoms with E-state index in [4.69, 9.17) is 9.84 Å². The van der Waals surface area contributed by atoms with Crippen LogP contribution in [0, 0.1) is 0 Å². The second kappa shape index (κ2) is 5.97. The van der Waals surface area contributed by atoms with E-state index >= 15 is 0 Å². The van der Waals surface area contributed by atoms with E-state index in [9.17, 15) is 23.1 Å². The molecule has 116 valence electrons. The Morgan fingerprint density at radius 3 is 2.50 bits per heavy atom. The molecule has 0 aromatic heterocycles. The molecule has 2 rings (SSSR count). The van der Waals surface area contributed by atoms with Crippen molar-refractivity contribution >= 4 is 5.97 Å². The summed E-state index contributed by atoms with van der Waals surface area (Å²) >= 11 is 0. The normalized spacial score (nSPS) is 11.2. The molecule has 0 aliphatic heterocycles. The van der Waals surface area contributed by atoms with Gasteiger partial charge in [0, 0.05) is 0 Å². The summed E-state index contributed by atoms with van der Waals surface area (Å²) in [5.74, 6) is -1.98. The fraction of sp³-hybridized carbons (Fsp3) is 0.133. The van der Waals surface area contributed by atoms with Gasteiger partial charge in [-0.15, -0.1) is 0 Å². The van der Waals surface area contributed by atoms with E-state index in [1.165, 1.54) is 24.3 Å². The van der Waals surface area contributed by atoms with Crippen LogP contribution in [0.3, 0.4) is 0 Å². The molecule has 0 spiro atoms. The Morgan fingerprint density at radius 2 is 1.86 bits per heavy atom. The van der Waals surface area contributed by atoms with Gasteiger partial charge in [0.15, 0.2) is 0 Å². The minimum Gasteiger partial charge on any atom is -0.508 e. The number of alkyl halides is 3. The van der Waals surface area contributed by atoms with Gasteiger partial charge in [0.1, 0.15) is 22.8 Å². The van der Waals surface area contributed by atoms with Crippen LogP contribution in [0.4, 0.5) is 13.2 Å². The molecular formula is C15H11F3O4. The summed E-state index contributed by atoms with van der Waals surface area (Å²) in [5.41, 5.74) is -0.714. The highest BCUT2D eigenvalue weighted by atomic mass is 19.4. The Morgan fingerprint density at radius 1 is 1.14 bits per heavy atom. The van der Waals surface area contributed by atoms with Crippen LogP contribution in [0.25, 0.3) is 0 Å². The summed E-state index contributed by atoms with van der Waals surface area (Å²) in [5, 5.41) is 17.9. The molecule has 0 saturated heterocycles. The highest BCUT2D eigenvalue weighted by Crippen LogP contribution is 2.39. The Balaban J connectivity index is 2.33. The van der Waals surface area contributed by atoms with Crippen LogP contribution in [0.2, 0.25) is 0 Å². The maximum Gasteiger partial charge on any atom is 0.420 e. The van der Waals surface area contributed by atoms with Gasteiger partial charge in [-0.05, 0) is 35.9 Å². The van der Waals surface area contributed by atoms with Gasteiger partial charge in [-0.3, -0.25) is 4.79 Å². The quantitative estimate of drug-likeness (QED) is 0.900. The lowest BCUT2D eigenvalue weighted by atomic mass is 10.1. The summed E-state index contributed by atoms with van der Waals surface area (Å²) in [6.45, 7) is 0. The van der Waals surface area contributed by atoms with Gasteiger partial charge >= 0.3 is 12.1 Å². The zero-order chi connectivity index (χ0) is 16.3. The molecule has 0 aliphatic rings. The first-order valence-electron chi connectivity index (χ1n) is 6.14. The first kappa shape index (κ1) is 15.7. The van der Waals surface area contributed by atoms with Gasteiger partial charge in [-0.2, -0.15) is 13.2 Å². The fourth-order valence-corrected chi connectivity index (χ4v) is 1.85. The summed E-state index contributed by atoms with van der Waals surface area (Å²) in [6, 6.07) is 8.42. The molecule has 0 heterocycles. The maximum atomic E-state index is 12.9. The zero-order valence-electron chi connectivity index (χ0n) is 11.1. The standard InChI is InChI=1S/C15H11F3O4/c16-15(17,18)12-8-10(19)4-5-13(12)22-11-3-1-2-9(6-11)7-14(20)21/h1-6,8,19H,7H2,(H,20,21). The number of rotatable bonds is 4. The molecule has 0 bridgehead atoms. The molecule has 0 radical (unpaired) electrons. The minimum atomic E-state index is -4.69. The van der Waals surface area contributed by atoms with Crippen molar-refractivity contribution in [3.63, 3.8) is 0 Å². The molecule has 22 heavy (non-hydrogen) atoms. The maximum absolute atomic E-state index is 12.9. The molecule has 2 N–H and O–H groups in total. The number of carboxylic acid groups (broad SMARTS) is 1. The lowest BCUT2D eigenvalue weighted by Gasteiger charge is -2.14. The van der Waals surface area contributed by atoms with Gasteiger partial charge in [0.2, 0.25) is 0 Å². The average molecular weight is 312 g/mol. The largest absolute Gasteiger partial charge is 0.508 e. The van der Waals surface area contributed by atoms with Crippen molar-refractivity contribution in [1.29, 1.82) is 0 Å². The van der Waals surface area contributed by atoms with Gasteiger partial charge in [0.25, 0.3) is 0 Å². The fourth-order valence-electron chi connectivity index (χ4n) is 1.85. The molecule has 0 atom stereocenters. The molecule has 0 unspecified atom stereocenters. The van der Waals surface area contributed by atoms with Gasteiger partial charge in [-0.25, -0.2) is 0 Å². The molecule has 7 heteroatoms. The van der Waals surface area contributed by atoms with Crippen LogP contribution < -0.4 is 4.74 Å². The third-order valence-corrected chi connectivity index (χ3v) is 2.75. The number of ether oxygens (including phenoxy) is 1. The summed E-state index contributed by atoms with van der Waals surface area (Å²) in [6.07, 6.45) is -4.95. The Kier molecular flexibility index (Phi) is 4.25. The van der Waals surface area contributed by atoms with Crippen LogP contribution in [-0.2, 0) is 17.4 Å². The van der Waals surface area contributed by atoms with Crippen molar-refractivity contribution in [3.8, 4) is 17.2 Å². The topological polar surface area (TPSA) is 66.8 Å². The van der Waals surface area contributed by atoms with Crippen LogP contribution in [0.15, 0.2) is 42.5 Å². The number of aliphatic carboxylic acids is 1. The molecule has 0 saturated carbocycles. The smallest absolute Gasteiger partial charge is 0.420 e. The van der Waals surface area contributed by atoms with E-state index in [0.29, 0.717) is 11.6 Å². The Labute approximate surface area is 123 Å². The van der Waals surface area contributed by atoms with E-state index in [1.807, 2.05) is 0 Å². The van der Waals surface area contributed by atoms with E-state index in [-0.39, 0.29) is 12.2 Å². The van der Waals surface area contributed by atoms with Crippen molar-refractivity contribution in [2.45, 2.75) is 12.6 Å². The van der Waals surface area contributed by atoms with Crippen LogP contribution in [0.5, 0.6) is 17.2 Å². The molecule has 2 aromatic carbocycles. The van der Waals surface area contributed by atoms with Crippen LogP contribution >= 0.6 is 0 Å². The predicted molar refractivity (Wildman–Crippen MR) is 71.0 cm³/mol. The van der Waals surface area contributed by atoms with E-state index in [2.05, 4.69) is 0 Å². The molecule has 0 fully saturated rings. The molecular weight excluding hydrogens is 301 g/mol. The number of carboxylic acids is 1. The zero-order valence-corrected chi connectivity index (χ0v) is 11.1. The first-order chi connectivity index (χ1) is 10.3. The lowest BCUT2D eigenvalue weighted by Crippen LogP contribution is -2.07. The van der Waals surface area contributed by atoms with Crippen molar-refractivity contribution in [1.82, 2.24) is 0 Å². The third kappa shape index (κ3) is 3.91. The molecule has 4 nitrogen and oxygen atoms in total. The van der Waals surface area contributed by atoms with Crippen molar-refractivity contribution in [2.24, 2.45) is 0 Å². The summed E-state index contributed by atoms with van der Waals surface area (Å²) in [7, 11) is 0. The second-order valence-electron chi connectivity index (χ2n) is 4.50. The highest BCUT2D eigenvalue weighted by Gasteiger charge is 2.35. The highest BCUT2D eigenvalue weighted by molar-refractivity contribution is 5.70. The third-order valence-electron chi connectivity index (χ3n) is 2.75. The number of phenols is 1. The number of halogens is 3.